The highest BCUT2D eigenvalue weighted by atomic mass is 79.9. The Kier molecular flexibility index (Phi) is 6.96. The molecule has 2 atom stereocenters. The van der Waals surface area contributed by atoms with Crippen LogP contribution in [0.1, 0.15) is 25.3 Å². The predicted molar refractivity (Wildman–Crippen MR) is 113 cm³/mol. The van der Waals surface area contributed by atoms with Gasteiger partial charge in [-0.05, 0) is 49.6 Å². The quantitative estimate of drug-likeness (QED) is 0.603. The highest BCUT2D eigenvalue weighted by molar-refractivity contribution is 9.10. The molecule has 0 aliphatic heterocycles. The Bertz CT molecular complexity index is 779. The Labute approximate surface area is 172 Å². The third-order valence-corrected chi connectivity index (χ3v) is 5.98. The van der Waals surface area contributed by atoms with Crippen molar-refractivity contribution < 1.29 is 9.59 Å². The van der Waals surface area contributed by atoms with Crippen LogP contribution in [0.3, 0.4) is 0 Å². The number of hydrogen-bond donors (Lipinski definition) is 2. The van der Waals surface area contributed by atoms with Crippen LogP contribution in [0.5, 0.6) is 0 Å². The molecule has 6 heteroatoms. The molecule has 142 valence electrons. The number of benzene rings is 2. The standard InChI is InChI=1S/C21H23BrN2O2S/c1-14(27-18-11-7-16(22)8-12-18)20(25)24-19(21(26)23-17-9-10-17)13-15-5-3-2-4-6-15/h2-8,11-12,14,17,19H,9-10,13H2,1H3,(H,23,26)(H,24,25). The first kappa shape index (κ1) is 20.0. The lowest BCUT2D eigenvalue weighted by molar-refractivity contribution is -0.128. The van der Waals surface area contributed by atoms with E-state index in [-0.39, 0.29) is 23.1 Å². The molecule has 0 saturated heterocycles. The summed E-state index contributed by atoms with van der Waals surface area (Å²) in [5.41, 5.74) is 1.03. The average Bonchev–Trinajstić information content (AvgIpc) is 3.47. The van der Waals surface area contributed by atoms with Crippen molar-refractivity contribution in [1.82, 2.24) is 10.6 Å². The van der Waals surface area contributed by atoms with Crippen LogP contribution in [-0.2, 0) is 16.0 Å². The van der Waals surface area contributed by atoms with Gasteiger partial charge in [0.25, 0.3) is 0 Å². The molecule has 1 aliphatic carbocycles. The van der Waals surface area contributed by atoms with E-state index in [2.05, 4.69) is 26.6 Å². The molecule has 1 aliphatic rings. The first-order chi connectivity index (χ1) is 13.0. The topological polar surface area (TPSA) is 58.2 Å². The summed E-state index contributed by atoms with van der Waals surface area (Å²) in [7, 11) is 0. The van der Waals surface area contributed by atoms with Crippen LogP contribution in [0.2, 0.25) is 0 Å². The minimum Gasteiger partial charge on any atom is -0.352 e. The van der Waals surface area contributed by atoms with Gasteiger partial charge < -0.3 is 10.6 Å². The first-order valence-electron chi connectivity index (χ1n) is 9.08. The molecule has 2 amide bonds. The summed E-state index contributed by atoms with van der Waals surface area (Å²) >= 11 is 4.89. The Hall–Kier alpha value is -1.79. The number of carbonyl (C=O) groups excluding carboxylic acids is 2. The first-order valence-corrected chi connectivity index (χ1v) is 10.8. The molecule has 0 bridgehead atoms. The second-order valence-corrected chi connectivity index (χ2v) is 9.08. The molecule has 2 N–H and O–H groups in total. The Morgan fingerprint density at radius 3 is 2.37 bits per heavy atom. The van der Waals surface area contributed by atoms with Gasteiger partial charge >= 0.3 is 0 Å². The molecule has 0 spiro atoms. The maximum atomic E-state index is 12.7. The van der Waals surface area contributed by atoms with E-state index in [4.69, 9.17) is 0 Å². The van der Waals surface area contributed by atoms with Crippen molar-refractivity contribution in [2.75, 3.05) is 0 Å². The molecule has 1 fully saturated rings. The summed E-state index contributed by atoms with van der Waals surface area (Å²) in [6.07, 6.45) is 2.53. The van der Waals surface area contributed by atoms with Crippen LogP contribution < -0.4 is 10.6 Å². The number of amides is 2. The SMILES string of the molecule is CC(Sc1ccc(Br)cc1)C(=O)NC(Cc1ccccc1)C(=O)NC1CC1. The number of halogens is 1. The lowest BCUT2D eigenvalue weighted by Gasteiger charge is -2.21. The summed E-state index contributed by atoms with van der Waals surface area (Å²) in [5, 5.41) is 5.66. The third-order valence-electron chi connectivity index (χ3n) is 4.34. The minimum absolute atomic E-state index is 0.101. The third kappa shape index (κ3) is 6.40. The van der Waals surface area contributed by atoms with Gasteiger partial charge in [-0.15, -0.1) is 11.8 Å². The molecule has 0 heterocycles. The van der Waals surface area contributed by atoms with Crippen LogP contribution in [0, 0.1) is 0 Å². The number of rotatable bonds is 8. The summed E-state index contributed by atoms with van der Waals surface area (Å²) < 4.78 is 1.00. The van der Waals surface area contributed by atoms with E-state index < -0.39 is 6.04 Å². The molecule has 3 rings (SSSR count). The van der Waals surface area contributed by atoms with Gasteiger partial charge in [0.1, 0.15) is 6.04 Å². The molecule has 2 unspecified atom stereocenters. The number of carbonyl (C=O) groups is 2. The van der Waals surface area contributed by atoms with Crippen LogP contribution in [-0.4, -0.2) is 29.1 Å². The number of hydrogen-bond acceptors (Lipinski definition) is 3. The van der Waals surface area contributed by atoms with Gasteiger partial charge in [0.2, 0.25) is 11.8 Å². The molecule has 4 nitrogen and oxygen atoms in total. The van der Waals surface area contributed by atoms with Gasteiger partial charge in [0.15, 0.2) is 0 Å². The van der Waals surface area contributed by atoms with E-state index in [9.17, 15) is 9.59 Å². The fourth-order valence-corrected chi connectivity index (χ4v) is 3.79. The molecule has 27 heavy (non-hydrogen) atoms. The average molecular weight is 447 g/mol. The van der Waals surface area contributed by atoms with Crippen molar-refractivity contribution in [3.05, 3.63) is 64.6 Å². The highest BCUT2D eigenvalue weighted by Crippen LogP contribution is 2.25. The zero-order chi connectivity index (χ0) is 19.2. The van der Waals surface area contributed by atoms with Crippen LogP contribution in [0.15, 0.2) is 64.0 Å². The largest absolute Gasteiger partial charge is 0.352 e. The van der Waals surface area contributed by atoms with Crippen molar-refractivity contribution in [1.29, 1.82) is 0 Å². The van der Waals surface area contributed by atoms with Gasteiger partial charge in [0, 0.05) is 21.8 Å². The number of nitrogens with one attached hydrogen (secondary N) is 2. The summed E-state index contributed by atoms with van der Waals surface area (Å²) in [6, 6.07) is 17.3. The maximum absolute atomic E-state index is 12.7. The Balaban J connectivity index is 1.63. The second-order valence-electron chi connectivity index (χ2n) is 6.75. The van der Waals surface area contributed by atoms with Crippen molar-refractivity contribution in [2.45, 2.75) is 48.4 Å². The number of thioether (sulfide) groups is 1. The molecule has 2 aromatic rings. The zero-order valence-corrected chi connectivity index (χ0v) is 17.6. The molecule has 0 radical (unpaired) electrons. The summed E-state index contributed by atoms with van der Waals surface area (Å²) in [5.74, 6) is -0.231. The van der Waals surface area contributed by atoms with Gasteiger partial charge in [-0.25, -0.2) is 0 Å². The summed E-state index contributed by atoms with van der Waals surface area (Å²) in [4.78, 5) is 26.3. The van der Waals surface area contributed by atoms with Crippen molar-refractivity contribution >= 4 is 39.5 Å². The lowest BCUT2D eigenvalue weighted by atomic mass is 10.0. The normalized spacial score (nSPS) is 15.6. The van der Waals surface area contributed by atoms with E-state index in [1.807, 2.05) is 61.5 Å². The Morgan fingerprint density at radius 2 is 1.74 bits per heavy atom. The molecule has 2 aromatic carbocycles. The molecule has 1 saturated carbocycles. The fourth-order valence-electron chi connectivity index (χ4n) is 2.65. The Morgan fingerprint density at radius 1 is 1.07 bits per heavy atom. The summed E-state index contributed by atoms with van der Waals surface area (Å²) in [6.45, 7) is 1.86. The van der Waals surface area contributed by atoms with E-state index in [1.54, 1.807) is 0 Å². The van der Waals surface area contributed by atoms with E-state index in [1.165, 1.54) is 11.8 Å². The molecule has 0 aromatic heterocycles. The van der Waals surface area contributed by atoms with Gasteiger partial charge in [-0.1, -0.05) is 46.3 Å². The molecular weight excluding hydrogens is 424 g/mol. The van der Waals surface area contributed by atoms with E-state index in [0.717, 1.165) is 27.8 Å². The van der Waals surface area contributed by atoms with Crippen molar-refractivity contribution in [3.8, 4) is 0 Å². The smallest absolute Gasteiger partial charge is 0.243 e. The van der Waals surface area contributed by atoms with Crippen molar-refractivity contribution in [2.24, 2.45) is 0 Å². The predicted octanol–water partition coefficient (Wildman–Crippen LogP) is 3.94. The highest BCUT2D eigenvalue weighted by Gasteiger charge is 2.29. The minimum atomic E-state index is -0.562. The van der Waals surface area contributed by atoms with Crippen LogP contribution in [0.4, 0.5) is 0 Å². The monoisotopic (exact) mass is 446 g/mol. The van der Waals surface area contributed by atoms with E-state index in [0.29, 0.717) is 6.42 Å². The zero-order valence-electron chi connectivity index (χ0n) is 15.2. The van der Waals surface area contributed by atoms with Crippen molar-refractivity contribution in [3.63, 3.8) is 0 Å². The van der Waals surface area contributed by atoms with Crippen LogP contribution >= 0.6 is 27.7 Å². The maximum Gasteiger partial charge on any atom is 0.243 e. The second kappa shape index (κ2) is 9.42. The van der Waals surface area contributed by atoms with Gasteiger partial charge in [-0.2, -0.15) is 0 Å². The van der Waals surface area contributed by atoms with Gasteiger partial charge in [-0.3, -0.25) is 9.59 Å². The molecular formula is C21H23BrN2O2S. The van der Waals surface area contributed by atoms with Gasteiger partial charge in [0.05, 0.1) is 5.25 Å². The fraction of sp³-hybridized carbons (Fsp3) is 0.333. The van der Waals surface area contributed by atoms with Crippen LogP contribution in [0.25, 0.3) is 0 Å². The lowest BCUT2D eigenvalue weighted by Crippen LogP contribution is -2.50. The van der Waals surface area contributed by atoms with E-state index >= 15 is 0 Å².